The van der Waals surface area contributed by atoms with E-state index in [1.807, 2.05) is 41.5 Å². The fraction of sp³-hybridized carbons (Fsp3) is 0.769. The minimum absolute atomic E-state index is 0.805. The van der Waals surface area contributed by atoms with Gasteiger partial charge in [0.2, 0.25) is 0 Å². The summed E-state index contributed by atoms with van der Waals surface area (Å²) in [5.74, 6) is 0. The van der Waals surface area contributed by atoms with Crippen molar-refractivity contribution < 1.29 is 13.6 Å². The number of hydrogen-bond acceptors (Lipinski definition) is 6. The van der Waals surface area contributed by atoms with Crippen molar-refractivity contribution in [1.82, 2.24) is 0 Å². The first-order valence-electron chi connectivity index (χ1n) is 7.01. The summed E-state index contributed by atoms with van der Waals surface area (Å²) in [6.45, 7) is 13.4. The smallest absolute Gasteiger partial charge is 0.373 e. The number of oxime groups is 3. The Morgan fingerprint density at radius 3 is 1.15 bits per heavy atom. The molecule has 0 spiro atoms. The summed E-state index contributed by atoms with van der Waals surface area (Å²) in [6, 6.07) is 0. The lowest BCUT2D eigenvalue weighted by Crippen LogP contribution is -2.38. The quantitative estimate of drug-likeness (QED) is 0.368. The highest BCUT2D eigenvalue weighted by Gasteiger charge is 2.45. The number of hydrogen-bond donors (Lipinski definition) is 0. The van der Waals surface area contributed by atoms with Crippen LogP contribution in [0, 0.1) is 0 Å². The highest BCUT2D eigenvalue weighted by atomic mass is 28.4. The van der Waals surface area contributed by atoms with Gasteiger partial charge in [0.15, 0.2) is 0 Å². The van der Waals surface area contributed by atoms with Gasteiger partial charge in [-0.15, -0.1) is 15.5 Å². The summed E-state index contributed by atoms with van der Waals surface area (Å²) in [5, 5.41) is 12.0. The van der Waals surface area contributed by atoms with Crippen LogP contribution >= 0.6 is 0 Å². The first-order valence-corrected chi connectivity index (χ1v) is 9.24. The molecule has 0 saturated carbocycles. The Balaban J connectivity index is 4.92. The summed E-state index contributed by atoms with van der Waals surface area (Å²) in [7, 11) is -3.05. The zero-order chi connectivity index (χ0) is 15.6. The predicted octanol–water partition coefficient (Wildman–Crippen LogP) is 3.96. The SMILES string of the molecule is CCC(C)=NO[Si](C)(ON=C(C)CC)ON=C(C)CC. The van der Waals surface area contributed by atoms with Crippen molar-refractivity contribution in [3.05, 3.63) is 0 Å². The summed E-state index contributed by atoms with van der Waals surface area (Å²) < 4.78 is 16.3. The van der Waals surface area contributed by atoms with E-state index in [0.29, 0.717) is 0 Å². The zero-order valence-corrected chi connectivity index (χ0v) is 14.7. The molecule has 0 N–H and O–H groups in total. The molecule has 0 atom stereocenters. The molecule has 0 bridgehead atoms. The predicted molar refractivity (Wildman–Crippen MR) is 85.1 cm³/mol. The maximum Gasteiger partial charge on any atom is 0.759 e. The Kier molecular flexibility index (Phi) is 8.86. The third kappa shape index (κ3) is 7.93. The van der Waals surface area contributed by atoms with Crippen LogP contribution < -0.4 is 0 Å². The van der Waals surface area contributed by atoms with Gasteiger partial charge in [-0.2, -0.15) is 0 Å². The van der Waals surface area contributed by atoms with Gasteiger partial charge in [-0.3, -0.25) is 0 Å². The second kappa shape index (κ2) is 9.52. The van der Waals surface area contributed by atoms with Crippen molar-refractivity contribution in [2.75, 3.05) is 0 Å². The van der Waals surface area contributed by atoms with Crippen LogP contribution in [0.2, 0.25) is 6.55 Å². The van der Waals surface area contributed by atoms with Crippen LogP contribution in [-0.2, 0) is 13.6 Å². The second-order valence-electron chi connectivity index (χ2n) is 4.68. The molecule has 0 saturated heterocycles. The van der Waals surface area contributed by atoms with Crippen molar-refractivity contribution in [1.29, 1.82) is 0 Å². The van der Waals surface area contributed by atoms with Gasteiger partial charge < -0.3 is 13.6 Å². The largest absolute Gasteiger partial charge is 0.759 e. The minimum atomic E-state index is -3.05. The molecule has 0 aliphatic heterocycles. The Labute approximate surface area is 123 Å². The van der Waals surface area contributed by atoms with Gasteiger partial charge in [-0.05, 0) is 40.0 Å². The molecule has 0 fully saturated rings. The average molecular weight is 301 g/mol. The third-order valence-corrected chi connectivity index (χ3v) is 3.91. The molecule has 0 aliphatic rings. The Hall–Kier alpha value is -1.37. The van der Waals surface area contributed by atoms with E-state index in [0.717, 1.165) is 36.4 Å². The van der Waals surface area contributed by atoms with E-state index in [4.69, 9.17) is 13.6 Å². The maximum absolute atomic E-state index is 5.44. The Morgan fingerprint density at radius 1 is 0.700 bits per heavy atom. The molecule has 20 heavy (non-hydrogen) atoms. The van der Waals surface area contributed by atoms with Crippen molar-refractivity contribution >= 4 is 25.9 Å². The van der Waals surface area contributed by atoms with Gasteiger partial charge >= 0.3 is 8.80 Å². The van der Waals surface area contributed by atoms with Gasteiger partial charge in [0.05, 0.1) is 17.1 Å². The van der Waals surface area contributed by atoms with Crippen LogP contribution in [-0.4, -0.2) is 25.9 Å². The molecule has 7 heteroatoms. The van der Waals surface area contributed by atoms with Crippen molar-refractivity contribution in [2.24, 2.45) is 15.5 Å². The van der Waals surface area contributed by atoms with E-state index in [2.05, 4.69) is 15.5 Å². The number of rotatable bonds is 9. The van der Waals surface area contributed by atoms with Crippen molar-refractivity contribution in [3.63, 3.8) is 0 Å². The maximum atomic E-state index is 5.44. The molecule has 0 unspecified atom stereocenters. The van der Waals surface area contributed by atoms with Gasteiger partial charge in [-0.25, -0.2) is 0 Å². The topological polar surface area (TPSA) is 64.8 Å². The van der Waals surface area contributed by atoms with Gasteiger partial charge in [0, 0.05) is 6.55 Å². The zero-order valence-electron chi connectivity index (χ0n) is 13.7. The third-order valence-electron chi connectivity index (χ3n) is 2.64. The first kappa shape index (κ1) is 18.6. The van der Waals surface area contributed by atoms with E-state index >= 15 is 0 Å². The van der Waals surface area contributed by atoms with E-state index in [-0.39, 0.29) is 0 Å². The fourth-order valence-electron chi connectivity index (χ4n) is 0.726. The number of nitrogens with zero attached hydrogens (tertiary/aromatic N) is 3. The first-order chi connectivity index (χ1) is 9.36. The molecule has 0 aromatic heterocycles. The Morgan fingerprint density at radius 2 is 0.950 bits per heavy atom. The van der Waals surface area contributed by atoms with E-state index in [1.54, 1.807) is 6.55 Å². The summed E-state index contributed by atoms with van der Waals surface area (Å²) in [5.41, 5.74) is 2.59. The monoisotopic (exact) mass is 301 g/mol. The summed E-state index contributed by atoms with van der Waals surface area (Å²) >= 11 is 0. The molecular formula is C13H27N3O3Si. The normalized spacial score (nSPS) is 16.6. The van der Waals surface area contributed by atoms with Gasteiger partial charge in [0.25, 0.3) is 0 Å². The molecule has 0 heterocycles. The van der Waals surface area contributed by atoms with Crippen molar-refractivity contribution in [2.45, 2.75) is 67.4 Å². The van der Waals surface area contributed by atoms with Crippen LogP contribution in [0.5, 0.6) is 0 Å². The second-order valence-corrected chi connectivity index (χ2v) is 6.95. The standard InChI is InChI=1S/C13H27N3O3Si/c1-8-11(4)14-17-20(7,18-15-12(5)9-2)19-16-13(6)10-3/h8-10H2,1-7H3. The average Bonchev–Trinajstić information content (AvgIpc) is 2.47. The van der Waals surface area contributed by atoms with Gasteiger partial charge in [0.1, 0.15) is 0 Å². The van der Waals surface area contributed by atoms with Gasteiger partial charge in [-0.1, -0.05) is 20.8 Å². The van der Waals surface area contributed by atoms with Crippen LogP contribution in [0.4, 0.5) is 0 Å². The summed E-state index contributed by atoms with van der Waals surface area (Å²) in [4.78, 5) is 0. The minimum Gasteiger partial charge on any atom is -0.373 e. The van der Waals surface area contributed by atoms with Crippen LogP contribution in [0.15, 0.2) is 15.5 Å². The summed E-state index contributed by atoms with van der Waals surface area (Å²) in [6.07, 6.45) is 2.41. The lowest BCUT2D eigenvalue weighted by Gasteiger charge is -2.18. The molecule has 6 nitrogen and oxygen atoms in total. The van der Waals surface area contributed by atoms with Crippen LogP contribution in [0.25, 0.3) is 0 Å². The van der Waals surface area contributed by atoms with E-state index in [1.165, 1.54) is 0 Å². The molecule has 0 amide bonds. The Bertz CT molecular complexity index is 326. The molecule has 0 radical (unpaired) electrons. The van der Waals surface area contributed by atoms with Crippen LogP contribution in [0.1, 0.15) is 60.8 Å². The van der Waals surface area contributed by atoms with E-state index in [9.17, 15) is 0 Å². The van der Waals surface area contributed by atoms with Crippen molar-refractivity contribution in [3.8, 4) is 0 Å². The molecule has 0 aromatic carbocycles. The highest BCUT2D eigenvalue weighted by Crippen LogP contribution is 2.12. The fourth-order valence-corrected chi connectivity index (χ4v) is 1.79. The molecule has 0 aromatic rings. The molecular weight excluding hydrogens is 274 g/mol. The van der Waals surface area contributed by atoms with E-state index < -0.39 is 8.80 Å². The van der Waals surface area contributed by atoms with Crippen LogP contribution in [0.3, 0.4) is 0 Å². The molecule has 116 valence electrons. The lowest BCUT2D eigenvalue weighted by molar-refractivity contribution is 0.0723. The lowest BCUT2D eigenvalue weighted by atomic mass is 10.3. The highest BCUT2D eigenvalue weighted by molar-refractivity contribution is 6.59. The molecule has 0 aliphatic carbocycles. The molecule has 0 rings (SSSR count).